The molecule has 6 nitrogen and oxygen atoms in total. The molecule has 1 heterocycles. The fraction of sp³-hybridized carbons (Fsp3) is 0.588. The molecule has 1 saturated heterocycles. The Labute approximate surface area is 156 Å². The van der Waals surface area contributed by atoms with E-state index in [9.17, 15) is 13.2 Å². The first kappa shape index (κ1) is 21.9. The van der Waals surface area contributed by atoms with Crippen LogP contribution < -0.4 is 10.0 Å². The summed E-state index contributed by atoms with van der Waals surface area (Å²) in [6, 6.07) is 6.65. The largest absolute Gasteiger partial charge is 0.339 e. The fourth-order valence-corrected chi connectivity index (χ4v) is 3.90. The van der Waals surface area contributed by atoms with E-state index >= 15 is 0 Å². The number of likely N-dealkylation sites (tertiary alicyclic amines) is 1. The molecule has 0 aliphatic carbocycles. The number of hydrogen-bond acceptors (Lipinski definition) is 4. The van der Waals surface area contributed by atoms with Gasteiger partial charge in [-0.25, -0.2) is 13.1 Å². The lowest BCUT2D eigenvalue weighted by Crippen LogP contribution is -2.43. The summed E-state index contributed by atoms with van der Waals surface area (Å²) in [7, 11) is -1.58. The maximum Gasteiger partial charge on any atom is 0.253 e. The van der Waals surface area contributed by atoms with Crippen LogP contribution in [-0.4, -0.2) is 51.9 Å². The van der Waals surface area contributed by atoms with Crippen molar-refractivity contribution < 1.29 is 13.2 Å². The normalized spacial score (nSPS) is 15.9. The molecule has 1 aromatic carbocycles. The Balaban J connectivity index is 0.00000312. The Hall–Kier alpha value is -1.15. The summed E-state index contributed by atoms with van der Waals surface area (Å²) >= 11 is 0. The molecule has 0 unspecified atom stereocenters. The number of nitrogens with zero attached hydrogens (tertiary/aromatic N) is 1. The summed E-state index contributed by atoms with van der Waals surface area (Å²) in [4.78, 5) is 14.5. The van der Waals surface area contributed by atoms with E-state index in [4.69, 9.17) is 0 Å². The average Bonchev–Trinajstić information content (AvgIpc) is 2.59. The topological polar surface area (TPSA) is 78.5 Å². The van der Waals surface area contributed by atoms with E-state index in [1.54, 1.807) is 12.1 Å². The number of rotatable bonds is 6. The van der Waals surface area contributed by atoms with Crippen molar-refractivity contribution in [2.75, 3.05) is 26.7 Å². The first-order chi connectivity index (χ1) is 11.3. The third-order valence-electron chi connectivity index (χ3n) is 4.28. The van der Waals surface area contributed by atoms with Gasteiger partial charge < -0.3 is 10.2 Å². The summed E-state index contributed by atoms with van der Waals surface area (Å²) in [6.07, 6.45) is 1.88. The van der Waals surface area contributed by atoms with Crippen LogP contribution in [0, 0.1) is 5.92 Å². The van der Waals surface area contributed by atoms with Crippen molar-refractivity contribution in [3.63, 3.8) is 0 Å². The highest BCUT2D eigenvalue weighted by Crippen LogP contribution is 2.16. The molecule has 0 aromatic heterocycles. The van der Waals surface area contributed by atoms with Gasteiger partial charge >= 0.3 is 0 Å². The number of amides is 1. The zero-order chi connectivity index (χ0) is 17.7. The van der Waals surface area contributed by atoms with Gasteiger partial charge in [-0.2, -0.15) is 0 Å². The van der Waals surface area contributed by atoms with E-state index in [0.29, 0.717) is 18.2 Å². The Kier molecular flexibility index (Phi) is 8.34. The van der Waals surface area contributed by atoms with Gasteiger partial charge in [0.25, 0.3) is 5.91 Å². The van der Waals surface area contributed by atoms with Crippen molar-refractivity contribution in [1.29, 1.82) is 0 Å². The second-order valence-corrected chi connectivity index (χ2v) is 8.39. The highest BCUT2D eigenvalue weighted by Gasteiger charge is 2.23. The van der Waals surface area contributed by atoms with Crippen LogP contribution in [0.2, 0.25) is 0 Å². The third-order valence-corrected chi connectivity index (χ3v) is 5.72. The molecule has 1 aliphatic heterocycles. The monoisotopic (exact) mass is 389 g/mol. The second-order valence-electron chi connectivity index (χ2n) is 6.63. The quantitative estimate of drug-likeness (QED) is 0.778. The molecule has 2 N–H and O–H groups in total. The molecule has 2 rings (SSSR count). The Morgan fingerprint density at radius 1 is 1.20 bits per heavy atom. The third kappa shape index (κ3) is 5.95. The van der Waals surface area contributed by atoms with Crippen molar-refractivity contribution in [2.45, 2.75) is 37.6 Å². The van der Waals surface area contributed by atoms with Gasteiger partial charge in [0.05, 0.1) is 4.90 Å². The molecule has 1 fully saturated rings. The maximum absolute atomic E-state index is 12.5. The number of nitrogens with one attached hydrogen (secondary N) is 2. The number of hydrogen-bond donors (Lipinski definition) is 2. The van der Waals surface area contributed by atoms with Crippen molar-refractivity contribution in [3.05, 3.63) is 29.8 Å². The molecule has 0 atom stereocenters. The van der Waals surface area contributed by atoms with Gasteiger partial charge in [-0.3, -0.25) is 4.79 Å². The minimum atomic E-state index is -3.52. The fourth-order valence-electron chi connectivity index (χ4n) is 2.69. The van der Waals surface area contributed by atoms with Crippen molar-refractivity contribution in [2.24, 2.45) is 5.92 Å². The average molecular weight is 390 g/mol. The molecular weight excluding hydrogens is 362 g/mol. The maximum atomic E-state index is 12.5. The summed E-state index contributed by atoms with van der Waals surface area (Å²) < 4.78 is 26.9. The molecule has 1 aromatic rings. The summed E-state index contributed by atoms with van der Waals surface area (Å²) in [5.41, 5.74) is 0.528. The van der Waals surface area contributed by atoms with Crippen LogP contribution in [0.4, 0.5) is 0 Å². The SMILES string of the molecule is CNC1CCN(C(=O)c2ccc(S(=O)(=O)NCC(C)C)cc2)CC1.Cl. The van der Waals surface area contributed by atoms with Crippen LogP contribution in [0.1, 0.15) is 37.0 Å². The van der Waals surface area contributed by atoms with Gasteiger partial charge in [0.15, 0.2) is 0 Å². The van der Waals surface area contributed by atoms with Gasteiger partial charge in [-0.15, -0.1) is 12.4 Å². The molecule has 0 bridgehead atoms. The predicted molar refractivity (Wildman–Crippen MR) is 102 cm³/mol. The van der Waals surface area contributed by atoms with E-state index in [1.807, 2.05) is 25.8 Å². The van der Waals surface area contributed by atoms with E-state index in [0.717, 1.165) is 25.9 Å². The summed E-state index contributed by atoms with van der Waals surface area (Å²) in [5, 5.41) is 3.24. The number of benzene rings is 1. The van der Waals surface area contributed by atoms with E-state index in [-0.39, 0.29) is 29.1 Å². The Bertz CT molecular complexity index is 654. The number of carbonyl (C=O) groups is 1. The molecule has 1 amide bonds. The van der Waals surface area contributed by atoms with Crippen LogP contribution in [0.25, 0.3) is 0 Å². The zero-order valence-corrected chi connectivity index (χ0v) is 16.6. The van der Waals surface area contributed by atoms with E-state index in [1.165, 1.54) is 12.1 Å². The molecule has 142 valence electrons. The molecule has 25 heavy (non-hydrogen) atoms. The van der Waals surface area contributed by atoms with E-state index in [2.05, 4.69) is 10.0 Å². The van der Waals surface area contributed by atoms with Crippen molar-refractivity contribution in [1.82, 2.24) is 14.9 Å². The Morgan fingerprint density at radius 2 is 1.76 bits per heavy atom. The molecular formula is C17H28ClN3O3S. The summed E-state index contributed by atoms with van der Waals surface area (Å²) in [6.45, 7) is 5.73. The zero-order valence-electron chi connectivity index (χ0n) is 15.0. The predicted octanol–water partition coefficient (Wildman–Crippen LogP) is 1.87. The number of carbonyl (C=O) groups excluding carboxylic acids is 1. The Morgan fingerprint density at radius 3 is 2.24 bits per heavy atom. The highest BCUT2D eigenvalue weighted by atomic mass is 35.5. The standard InChI is InChI=1S/C17H27N3O3S.ClH/c1-13(2)12-19-24(22,23)16-6-4-14(5-7-16)17(21)20-10-8-15(18-3)9-11-20;/h4-7,13,15,18-19H,8-12H2,1-3H3;1H. The summed E-state index contributed by atoms with van der Waals surface area (Å²) in [5.74, 6) is 0.199. The van der Waals surface area contributed by atoms with Crippen LogP contribution in [0.3, 0.4) is 0 Å². The molecule has 0 spiro atoms. The number of piperidine rings is 1. The van der Waals surface area contributed by atoms with Crippen LogP contribution in [0.5, 0.6) is 0 Å². The molecule has 0 radical (unpaired) electrons. The molecule has 0 saturated carbocycles. The highest BCUT2D eigenvalue weighted by molar-refractivity contribution is 7.89. The van der Waals surface area contributed by atoms with Crippen molar-refractivity contribution >= 4 is 28.3 Å². The van der Waals surface area contributed by atoms with Gasteiger partial charge in [0, 0.05) is 31.2 Å². The van der Waals surface area contributed by atoms with Crippen molar-refractivity contribution in [3.8, 4) is 0 Å². The van der Waals surface area contributed by atoms with Gasteiger partial charge in [-0.1, -0.05) is 13.8 Å². The first-order valence-corrected chi connectivity index (χ1v) is 9.88. The second kappa shape index (κ2) is 9.52. The van der Waals surface area contributed by atoms with Gasteiger partial charge in [-0.05, 0) is 50.1 Å². The van der Waals surface area contributed by atoms with Crippen LogP contribution in [-0.2, 0) is 10.0 Å². The number of sulfonamides is 1. The molecule has 8 heteroatoms. The lowest BCUT2D eigenvalue weighted by molar-refractivity contribution is 0.0707. The minimum absolute atomic E-state index is 0. The number of halogens is 1. The van der Waals surface area contributed by atoms with E-state index < -0.39 is 10.0 Å². The molecule has 1 aliphatic rings. The van der Waals surface area contributed by atoms with Crippen LogP contribution in [0.15, 0.2) is 29.2 Å². The first-order valence-electron chi connectivity index (χ1n) is 8.39. The minimum Gasteiger partial charge on any atom is -0.339 e. The lowest BCUT2D eigenvalue weighted by atomic mass is 10.0. The lowest BCUT2D eigenvalue weighted by Gasteiger charge is -2.31. The smallest absolute Gasteiger partial charge is 0.253 e. The van der Waals surface area contributed by atoms with Gasteiger partial charge in [0.2, 0.25) is 10.0 Å². The van der Waals surface area contributed by atoms with Crippen LogP contribution >= 0.6 is 12.4 Å². The van der Waals surface area contributed by atoms with Gasteiger partial charge in [0.1, 0.15) is 0 Å².